The number of benzene rings is 1. The molecule has 4 nitrogen and oxygen atoms in total. The Morgan fingerprint density at radius 1 is 1.38 bits per heavy atom. The lowest BCUT2D eigenvalue weighted by Crippen LogP contribution is -2.03. The van der Waals surface area contributed by atoms with Gasteiger partial charge in [-0.15, -0.1) is 0 Å². The van der Waals surface area contributed by atoms with Crippen molar-refractivity contribution in [1.82, 2.24) is 9.78 Å². The molecule has 0 radical (unpaired) electrons. The summed E-state index contributed by atoms with van der Waals surface area (Å²) in [5.41, 5.74) is 8.43. The maximum atomic E-state index is 5.57. The fraction of sp³-hybridized carbons (Fsp3) is 0.250. The molecule has 4 heteroatoms. The van der Waals surface area contributed by atoms with Crippen molar-refractivity contribution < 1.29 is 4.74 Å². The average molecular weight is 217 g/mol. The zero-order valence-electron chi connectivity index (χ0n) is 9.47. The average Bonchev–Trinajstić information content (AvgIpc) is 2.70. The summed E-state index contributed by atoms with van der Waals surface area (Å²) in [4.78, 5) is 0. The molecular formula is C12H15N3O. The molecule has 0 spiro atoms. The fourth-order valence-corrected chi connectivity index (χ4v) is 1.69. The maximum absolute atomic E-state index is 5.57. The monoisotopic (exact) mass is 217 g/mol. The molecular weight excluding hydrogens is 202 g/mol. The topological polar surface area (TPSA) is 53.1 Å². The van der Waals surface area contributed by atoms with Gasteiger partial charge in [-0.2, -0.15) is 5.10 Å². The van der Waals surface area contributed by atoms with Gasteiger partial charge in [0.05, 0.1) is 12.8 Å². The second kappa shape index (κ2) is 4.37. The number of methoxy groups -OCH3 is 1. The van der Waals surface area contributed by atoms with Crippen LogP contribution in [0.2, 0.25) is 0 Å². The highest BCUT2D eigenvalue weighted by Gasteiger charge is 2.09. The molecule has 2 aromatic rings. The van der Waals surface area contributed by atoms with Gasteiger partial charge in [0, 0.05) is 12.2 Å². The summed E-state index contributed by atoms with van der Waals surface area (Å²) < 4.78 is 7.15. The second-order valence-corrected chi connectivity index (χ2v) is 3.56. The van der Waals surface area contributed by atoms with Crippen molar-refractivity contribution >= 4 is 0 Å². The van der Waals surface area contributed by atoms with Gasteiger partial charge in [0.1, 0.15) is 11.4 Å². The summed E-state index contributed by atoms with van der Waals surface area (Å²) in [7, 11) is 1.65. The molecule has 2 rings (SSSR count). The van der Waals surface area contributed by atoms with E-state index in [0.717, 1.165) is 22.8 Å². The minimum absolute atomic E-state index is 0.447. The van der Waals surface area contributed by atoms with Gasteiger partial charge < -0.3 is 10.5 Å². The van der Waals surface area contributed by atoms with Crippen molar-refractivity contribution in [3.63, 3.8) is 0 Å². The Morgan fingerprint density at radius 3 is 2.75 bits per heavy atom. The molecule has 0 bridgehead atoms. The van der Waals surface area contributed by atoms with Gasteiger partial charge in [0.2, 0.25) is 0 Å². The fourth-order valence-electron chi connectivity index (χ4n) is 1.69. The highest BCUT2D eigenvalue weighted by molar-refractivity contribution is 5.47. The molecule has 0 atom stereocenters. The largest absolute Gasteiger partial charge is 0.494 e. The second-order valence-electron chi connectivity index (χ2n) is 3.56. The molecule has 1 aromatic heterocycles. The Balaban J connectivity index is 2.53. The van der Waals surface area contributed by atoms with Crippen LogP contribution in [-0.4, -0.2) is 16.9 Å². The first-order valence-electron chi connectivity index (χ1n) is 5.15. The number of nitrogens with two attached hydrogens (primary N) is 1. The van der Waals surface area contributed by atoms with Crippen LogP contribution >= 0.6 is 0 Å². The van der Waals surface area contributed by atoms with Crippen molar-refractivity contribution in [3.8, 4) is 11.4 Å². The molecule has 1 aromatic carbocycles. The lowest BCUT2D eigenvalue weighted by molar-refractivity contribution is 0.411. The van der Waals surface area contributed by atoms with E-state index in [1.54, 1.807) is 7.11 Å². The zero-order valence-corrected chi connectivity index (χ0v) is 9.47. The third-order valence-corrected chi connectivity index (χ3v) is 2.46. The molecule has 0 aliphatic heterocycles. The van der Waals surface area contributed by atoms with E-state index in [0.29, 0.717) is 6.54 Å². The smallest absolute Gasteiger partial charge is 0.144 e. The normalized spacial score (nSPS) is 10.4. The van der Waals surface area contributed by atoms with Crippen LogP contribution in [0.15, 0.2) is 30.3 Å². The molecule has 1 heterocycles. The first kappa shape index (κ1) is 10.7. The molecule has 84 valence electrons. The summed E-state index contributed by atoms with van der Waals surface area (Å²) in [6.07, 6.45) is 0. The van der Waals surface area contributed by atoms with Crippen LogP contribution in [0.1, 0.15) is 11.4 Å². The van der Waals surface area contributed by atoms with Crippen molar-refractivity contribution in [2.24, 2.45) is 5.73 Å². The number of para-hydroxylation sites is 2. The summed E-state index contributed by atoms with van der Waals surface area (Å²) >= 11 is 0. The van der Waals surface area contributed by atoms with Gasteiger partial charge in [-0.05, 0) is 25.1 Å². The highest BCUT2D eigenvalue weighted by Crippen LogP contribution is 2.23. The van der Waals surface area contributed by atoms with Crippen molar-refractivity contribution in [1.29, 1.82) is 0 Å². The standard InChI is InChI=1S/C12H15N3O/c1-9-7-10(8-13)14-15(9)11-5-3-4-6-12(11)16-2/h3-7H,8,13H2,1-2H3. The van der Waals surface area contributed by atoms with Crippen LogP contribution < -0.4 is 10.5 Å². The van der Waals surface area contributed by atoms with Crippen LogP contribution in [0.5, 0.6) is 5.75 Å². The van der Waals surface area contributed by atoms with Crippen molar-refractivity contribution in [2.75, 3.05) is 7.11 Å². The minimum Gasteiger partial charge on any atom is -0.494 e. The van der Waals surface area contributed by atoms with E-state index in [1.165, 1.54) is 0 Å². The quantitative estimate of drug-likeness (QED) is 0.850. The van der Waals surface area contributed by atoms with E-state index >= 15 is 0 Å². The lowest BCUT2D eigenvalue weighted by atomic mass is 10.3. The van der Waals surface area contributed by atoms with Gasteiger partial charge >= 0.3 is 0 Å². The van der Waals surface area contributed by atoms with Crippen molar-refractivity contribution in [2.45, 2.75) is 13.5 Å². The number of aryl methyl sites for hydroxylation is 1. The lowest BCUT2D eigenvalue weighted by Gasteiger charge is -2.09. The Morgan fingerprint density at radius 2 is 2.12 bits per heavy atom. The summed E-state index contributed by atoms with van der Waals surface area (Å²) in [5, 5.41) is 4.42. The van der Waals surface area contributed by atoms with E-state index in [-0.39, 0.29) is 0 Å². The summed E-state index contributed by atoms with van der Waals surface area (Å²) in [6.45, 7) is 2.45. The molecule has 0 aliphatic rings. The van der Waals surface area contributed by atoms with E-state index < -0.39 is 0 Å². The van der Waals surface area contributed by atoms with E-state index in [9.17, 15) is 0 Å². The molecule has 0 saturated heterocycles. The van der Waals surface area contributed by atoms with E-state index in [2.05, 4.69) is 5.10 Å². The van der Waals surface area contributed by atoms with E-state index in [1.807, 2.05) is 41.9 Å². The van der Waals surface area contributed by atoms with Gasteiger partial charge in [0.25, 0.3) is 0 Å². The molecule has 0 fully saturated rings. The number of hydrogen-bond donors (Lipinski definition) is 1. The third kappa shape index (κ3) is 1.79. The number of ether oxygens (including phenoxy) is 1. The minimum atomic E-state index is 0.447. The third-order valence-electron chi connectivity index (χ3n) is 2.46. The number of aromatic nitrogens is 2. The molecule has 16 heavy (non-hydrogen) atoms. The number of nitrogens with zero attached hydrogens (tertiary/aromatic N) is 2. The Bertz CT molecular complexity index is 491. The summed E-state index contributed by atoms with van der Waals surface area (Å²) in [6, 6.07) is 9.76. The number of hydrogen-bond acceptors (Lipinski definition) is 3. The predicted octanol–water partition coefficient (Wildman–Crippen LogP) is 1.65. The van der Waals surface area contributed by atoms with Crippen LogP contribution in [0.4, 0.5) is 0 Å². The molecule has 0 saturated carbocycles. The van der Waals surface area contributed by atoms with E-state index in [4.69, 9.17) is 10.5 Å². The van der Waals surface area contributed by atoms with Gasteiger partial charge in [-0.25, -0.2) is 4.68 Å². The molecule has 2 N–H and O–H groups in total. The first-order valence-corrected chi connectivity index (χ1v) is 5.15. The Kier molecular flexibility index (Phi) is 2.92. The SMILES string of the molecule is COc1ccccc1-n1nc(CN)cc1C. The predicted molar refractivity (Wildman–Crippen MR) is 62.7 cm³/mol. The number of rotatable bonds is 3. The molecule has 0 aliphatic carbocycles. The van der Waals surface area contributed by atoms with Crippen LogP contribution in [0, 0.1) is 6.92 Å². The summed E-state index contributed by atoms with van der Waals surface area (Å²) in [5.74, 6) is 0.803. The zero-order chi connectivity index (χ0) is 11.5. The first-order chi connectivity index (χ1) is 7.76. The maximum Gasteiger partial charge on any atom is 0.144 e. The molecule has 0 amide bonds. The van der Waals surface area contributed by atoms with Crippen LogP contribution in [-0.2, 0) is 6.54 Å². The van der Waals surface area contributed by atoms with Crippen molar-refractivity contribution in [3.05, 3.63) is 41.7 Å². The van der Waals surface area contributed by atoms with Gasteiger partial charge in [-0.3, -0.25) is 0 Å². The highest BCUT2D eigenvalue weighted by atomic mass is 16.5. The van der Waals surface area contributed by atoms with Gasteiger partial charge in [0.15, 0.2) is 0 Å². The Labute approximate surface area is 94.6 Å². The molecule has 0 unspecified atom stereocenters. The Hall–Kier alpha value is -1.81. The van der Waals surface area contributed by atoms with Crippen LogP contribution in [0.25, 0.3) is 5.69 Å². The van der Waals surface area contributed by atoms with Crippen LogP contribution in [0.3, 0.4) is 0 Å². The van der Waals surface area contributed by atoms with Gasteiger partial charge in [-0.1, -0.05) is 12.1 Å².